The fourth-order valence-electron chi connectivity index (χ4n) is 1.28. The molecule has 0 bridgehead atoms. The summed E-state index contributed by atoms with van der Waals surface area (Å²) in [5, 5.41) is 21.0. The predicted octanol–water partition coefficient (Wildman–Crippen LogP) is 0.660. The van der Waals surface area contributed by atoms with Gasteiger partial charge in [0.2, 0.25) is 0 Å². The maximum absolute atomic E-state index is 10.5. The summed E-state index contributed by atoms with van der Waals surface area (Å²) in [4.78, 5) is 10.5. The van der Waals surface area contributed by atoms with Gasteiger partial charge in [-0.3, -0.25) is 14.0 Å². The van der Waals surface area contributed by atoms with Gasteiger partial charge in [-0.25, -0.2) is 0 Å². The van der Waals surface area contributed by atoms with E-state index < -0.39 is 5.97 Å². The Balaban J connectivity index is 2.20. The second kappa shape index (κ2) is 5.00. The third kappa shape index (κ3) is 2.64. The minimum Gasteiger partial charge on any atom is -0.481 e. The van der Waals surface area contributed by atoms with Crippen molar-refractivity contribution < 1.29 is 9.90 Å². The van der Waals surface area contributed by atoms with E-state index in [1.807, 2.05) is 13.1 Å². The van der Waals surface area contributed by atoms with Gasteiger partial charge < -0.3 is 5.11 Å². The Hall–Kier alpha value is -1.83. The van der Waals surface area contributed by atoms with Gasteiger partial charge >= 0.3 is 5.97 Å². The number of nitrogens with zero attached hydrogens (tertiary/aromatic N) is 5. The van der Waals surface area contributed by atoms with Crippen LogP contribution in [0.25, 0.3) is 5.69 Å². The van der Waals surface area contributed by atoms with Crippen LogP contribution in [0, 0.1) is 0 Å². The first kappa shape index (κ1) is 11.6. The number of aryl methyl sites for hydroxylation is 1. The number of rotatable bonds is 5. The Morgan fingerprint density at radius 1 is 1.59 bits per heavy atom. The summed E-state index contributed by atoms with van der Waals surface area (Å²) >= 11 is 1.13. The highest BCUT2D eigenvalue weighted by Gasteiger charge is 2.10. The molecule has 0 saturated carbocycles. The van der Waals surface area contributed by atoms with Gasteiger partial charge in [0, 0.05) is 12.7 Å². The molecule has 0 aromatic carbocycles. The van der Waals surface area contributed by atoms with E-state index in [0.717, 1.165) is 24.0 Å². The van der Waals surface area contributed by atoms with E-state index in [1.54, 1.807) is 21.8 Å². The number of aliphatic carboxylic acids is 1. The van der Waals surface area contributed by atoms with E-state index in [1.165, 1.54) is 0 Å². The first-order valence-corrected chi connectivity index (χ1v) is 5.96. The fraction of sp³-hybridized carbons (Fsp3) is 0.333. The lowest BCUT2D eigenvalue weighted by Crippen LogP contribution is -2.01. The van der Waals surface area contributed by atoms with E-state index in [0.29, 0.717) is 5.16 Å². The molecule has 0 radical (unpaired) electrons. The lowest BCUT2D eigenvalue weighted by molar-refractivity contribution is -0.133. The van der Waals surface area contributed by atoms with E-state index in [2.05, 4.69) is 15.3 Å². The third-order valence-electron chi connectivity index (χ3n) is 2.06. The summed E-state index contributed by atoms with van der Waals surface area (Å²) in [5.74, 6) is -0.922. The molecule has 0 saturated heterocycles. The molecule has 0 atom stereocenters. The van der Waals surface area contributed by atoms with Crippen molar-refractivity contribution in [1.29, 1.82) is 0 Å². The zero-order chi connectivity index (χ0) is 12.3. The minimum absolute atomic E-state index is 0.0411. The van der Waals surface area contributed by atoms with Crippen LogP contribution in [0.5, 0.6) is 0 Å². The van der Waals surface area contributed by atoms with Gasteiger partial charge in [-0.05, 0) is 6.92 Å². The minimum atomic E-state index is -0.881. The molecule has 2 rings (SSSR count). The van der Waals surface area contributed by atoms with Crippen LogP contribution >= 0.6 is 11.8 Å². The van der Waals surface area contributed by atoms with Gasteiger partial charge in [0.05, 0.1) is 17.6 Å². The van der Waals surface area contributed by atoms with Gasteiger partial charge in [-0.2, -0.15) is 5.10 Å². The summed E-state index contributed by atoms with van der Waals surface area (Å²) < 4.78 is 3.49. The van der Waals surface area contributed by atoms with Crippen molar-refractivity contribution in [1.82, 2.24) is 24.5 Å². The maximum Gasteiger partial charge on any atom is 0.313 e. The molecule has 8 heteroatoms. The van der Waals surface area contributed by atoms with Crippen molar-refractivity contribution in [3.05, 3.63) is 18.7 Å². The SMILES string of the molecule is CCn1cc(-n2cnnc2SCC(=O)O)cn1. The number of carbonyl (C=O) groups is 1. The molecule has 2 aromatic heterocycles. The normalized spacial score (nSPS) is 10.6. The highest BCUT2D eigenvalue weighted by Crippen LogP contribution is 2.18. The molecule has 0 fully saturated rings. The van der Waals surface area contributed by atoms with Crippen LogP contribution in [-0.2, 0) is 11.3 Å². The number of hydrogen-bond acceptors (Lipinski definition) is 5. The molecule has 0 aliphatic heterocycles. The van der Waals surface area contributed by atoms with E-state index in [-0.39, 0.29) is 5.75 Å². The Kier molecular flexibility index (Phi) is 3.43. The number of carboxylic acids is 1. The largest absolute Gasteiger partial charge is 0.481 e. The Labute approximate surface area is 101 Å². The smallest absolute Gasteiger partial charge is 0.313 e. The fourth-order valence-corrected chi connectivity index (χ4v) is 1.93. The van der Waals surface area contributed by atoms with Crippen molar-refractivity contribution in [2.24, 2.45) is 0 Å². The molecule has 0 amide bonds. The van der Waals surface area contributed by atoms with Gasteiger partial charge in [-0.1, -0.05) is 11.8 Å². The van der Waals surface area contributed by atoms with Crippen molar-refractivity contribution >= 4 is 17.7 Å². The zero-order valence-corrected chi connectivity index (χ0v) is 9.96. The standard InChI is InChI=1S/C9H11N5O2S/c1-2-13-4-7(3-11-13)14-6-10-12-9(14)17-5-8(15)16/h3-4,6H,2,5H2,1H3,(H,15,16). The first-order valence-electron chi connectivity index (χ1n) is 4.98. The highest BCUT2D eigenvalue weighted by atomic mass is 32.2. The van der Waals surface area contributed by atoms with Crippen molar-refractivity contribution in [2.75, 3.05) is 5.75 Å². The van der Waals surface area contributed by atoms with E-state index in [4.69, 9.17) is 5.11 Å². The quantitative estimate of drug-likeness (QED) is 0.788. The summed E-state index contributed by atoms with van der Waals surface area (Å²) in [6.07, 6.45) is 5.09. The van der Waals surface area contributed by atoms with Gasteiger partial charge in [0.25, 0.3) is 0 Å². The average Bonchev–Trinajstić information content (AvgIpc) is 2.94. The molecule has 90 valence electrons. The first-order chi connectivity index (χ1) is 8.20. The highest BCUT2D eigenvalue weighted by molar-refractivity contribution is 7.99. The summed E-state index contributed by atoms with van der Waals surface area (Å²) in [7, 11) is 0. The van der Waals surface area contributed by atoms with E-state index >= 15 is 0 Å². The number of thioether (sulfide) groups is 1. The zero-order valence-electron chi connectivity index (χ0n) is 9.15. The lowest BCUT2D eigenvalue weighted by Gasteiger charge is -2.00. The predicted molar refractivity (Wildman–Crippen MR) is 61.2 cm³/mol. The molecular weight excluding hydrogens is 242 g/mol. The average molecular weight is 253 g/mol. The van der Waals surface area contributed by atoms with Crippen molar-refractivity contribution in [2.45, 2.75) is 18.6 Å². The topological polar surface area (TPSA) is 85.8 Å². The molecule has 2 aromatic rings. The van der Waals surface area contributed by atoms with Crippen LogP contribution in [-0.4, -0.2) is 41.4 Å². The second-order valence-electron chi connectivity index (χ2n) is 3.22. The number of carboxylic acid groups (broad SMARTS) is 1. The van der Waals surface area contributed by atoms with Gasteiger partial charge in [0.1, 0.15) is 6.33 Å². The Morgan fingerprint density at radius 2 is 2.41 bits per heavy atom. The van der Waals surface area contributed by atoms with Crippen LogP contribution in [0.3, 0.4) is 0 Å². The van der Waals surface area contributed by atoms with E-state index in [9.17, 15) is 4.79 Å². The molecule has 17 heavy (non-hydrogen) atoms. The van der Waals surface area contributed by atoms with Crippen LogP contribution in [0.1, 0.15) is 6.92 Å². The molecule has 0 aliphatic rings. The summed E-state index contributed by atoms with van der Waals surface area (Å²) in [5.41, 5.74) is 0.824. The molecule has 0 spiro atoms. The van der Waals surface area contributed by atoms with Gasteiger partial charge in [-0.15, -0.1) is 10.2 Å². The maximum atomic E-state index is 10.5. The summed E-state index contributed by atoms with van der Waals surface area (Å²) in [6.45, 7) is 2.77. The monoisotopic (exact) mass is 253 g/mol. The summed E-state index contributed by atoms with van der Waals surface area (Å²) in [6, 6.07) is 0. The Bertz CT molecular complexity index is 521. The van der Waals surface area contributed by atoms with Crippen LogP contribution in [0.4, 0.5) is 0 Å². The van der Waals surface area contributed by atoms with Gasteiger partial charge in [0.15, 0.2) is 5.16 Å². The molecule has 2 heterocycles. The van der Waals surface area contributed by atoms with Crippen LogP contribution in [0.2, 0.25) is 0 Å². The Morgan fingerprint density at radius 3 is 3.06 bits per heavy atom. The van der Waals surface area contributed by atoms with Crippen molar-refractivity contribution in [3.8, 4) is 5.69 Å². The molecule has 1 N–H and O–H groups in total. The molecule has 0 unspecified atom stereocenters. The lowest BCUT2D eigenvalue weighted by atomic mass is 10.5. The molecule has 0 aliphatic carbocycles. The molecular formula is C9H11N5O2S. The number of hydrogen-bond donors (Lipinski definition) is 1. The third-order valence-corrected chi connectivity index (χ3v) is 2.99. The molecule has 7 nitrogen and oxygen atoms in total. The van der Waals surface area contributed by atoms with Crippen LogP contribution in [0.15, 0.2) is 23.9 Å². The van der Waals surface area contributed by atoms with Crippen molar-refractivity contribution in [3.63, 3.8) is 0 Å². The number of aromatic nitrogens is 5. The second-order valence-corrected chi connectivity index (χ2v) is 4.16. The van der Waals surface area contributed by atoms with Crippen LogP contribution < -0.4 is 0 Å².